The third-order valence-electron chi connectivity index (χ3n) is 5.36. The lowest BCUT2D eigenvalue weighted by molar-refractivity contribution is -0.119. The van der Waals surface area contributed by atoms with Crippen LogP contribution in [0.2, 0.25) is 0 Å². The molecular formula is C22H26N2O5S. The fourth-order valence-corrected chi connectivity index (χ4v) is 4.92. The van der Waals surface area contributed by atoms with Gasteiger partial charge >= 0.3 is 0 Å². The van der Waals surface area contributed by atoms with Gasteiger partial charge in [0, 0.05) is 18.2 Å². The first-order valence-electron chi connectivity index (χ1n) is 10.1. The summed E-state index contributed by atoms with van der Waals surface area (Å²) in [5, 5.41) is 0. The quantitative estimate of drug-likeness (QED) is 0.696. The number of benzene rings is 2. The molecule has 1 atom stereocenters. The monoisotopic (exact) mass is 430 g/mol. The molecule has 160 valence electrons. The fraction of sp³-hybridized carbons (Fsp3) is 0.409. The number of hydrogen-bond donors (Lipinski definition) is 1. The van der Waals surface area contributed by atoms with E-state index in [0.717, 1.165) is 24.1 Å². The van der Waals surface area contributed by atoms with Crippen molar-refractivity contribution in [2.75, 3.05) is 25.2 Å². The summed E-state index contributed by atoms with van der Waals surface area (Å²) in [6.45, 7) is 2.52. The van der Waals surface area contributed by atoms with E-state index in [9.17, 15) is 13.2 Å². The highest BCUT2D eigenvalue weighted by atomic mass is 32.2. The Morgan fingerprint density at radius 3 is 2.63 bits per heavy atom. The molecule has 0 aromatic heterocycles. The second kappa shape index (κ2) is 8.28. The van der Waals surface area contributed by atoms with E-state index in [0.29, 0.717) is 24.5 Å². The Morgan fingerprint density at radius 2 is 1.93 bits per heavy atom. The number of nitrogens with zero attached hydrogens (tertiary/aromatic N) is 1. The van der Waals surface area contributed by atoms with Crippen molar-refractivity contribution in [2.24, 2.45) is 5.92 Å². The summed E-state index contributed by atoms with van der Waals surface area (Å²) in [5.74, 6) is 1.45. The number of hydrogen-bond acceptors (Lipinski definition) is 5. The topological polar surface area (TPSA) is 84.9 Å². The molecule has 0 radical (unpaired) electrons. The van der Waals surface area contributed by atoms with Crippen LogP contribution < -0.4 is 19.1 Å². The number of ether oxygens (including phenoxy) is 2. The Hall–Kier alpha value is -2.58. The normalized spacial score (nSPS) is 16.8. The molecule has 2 aromatic carbocycles. The predicted molar refractivity (Wildman–Crippen MR) is 113 cm³/mol. The predicted octanol–water partition coefficient (Wildman–Crippen LogP) is 2.74. The Balaban J connectivity index is 1.41. The Morgan fingerprint density at radius 1 is 1.20 bits per heavy atom. The SMILES string of the molecule is COc1ccccc1OC[C@H](C)NS(=O)(=O)c1ccc2c(c1)CCN2C(=O)C1CC1. The standard InChI is InChI=1S/C22H26N2O5S/c1-15(14-29-21-6-4-3-5-20(21)28-2)23-30(26,27)18-9-10-19-17(13-18)11-12-24(19)22(25)16-7-8-16/h3-6,9-10,13,15-16,23H,7-8,11-12,14H2,1-2H3/t15-/m0/s1. The first-order chi connectivity index (χ1) is 14.4. The average Bonchev–Trinajstić information content (AvgIpc) is 3.50. The first-order valence-corrected chi connectivity index (χ1v) is 11.6. The van der Waals surface area contributed by atoms with Gasteiger partial charge in [0.15, 0.2) is 11.5 Å². The fourth-order valence-electron chi connectivity index (χ4n) is 3.64. The van der Waals surface area contributed by atoms with Crippen molar-refractivity contribution in [3.63, 3.8) is 0 Å². The second-order valence-electron chi connectivity index (χ2n) is 7.79. The summed E-state index contributed by atoms with van der Waals surface area (Å²) in [4.78, 5) is 14.4. The molecule has 30 heavy (non-hydrogen) atoms. The van der Waals surface area contributed by atoms with Crippen molar-refractivity contribution < 1.29 is 22.7 Å². The van der Waals surface area contributed by atoms with E-state index in [1.54, 1.807) is 49.3 Å². The van der Waals surface area contributed by atoms with E-state index in [-0.39, 0.29) is 23.3 Å². The molecule has 1 amide bonds. The molecule has 1 fully saturated rings. The molecule has 0 unspecified atom stereocenters. The van der Waals surface area contributed by atoms with E-state index in [1.807, 2.05) is 12.1 Å². The lowest BCUT2D eigenvalue weighted by Crippen LogP contribution is -2.36. The van der Waals surface area contributed by atoms with Crippen LogP contribution in [0.3, 0.4) is 0 Å². The summed E-state index contributed by atoms with van der Waals surface area (Å²) < 4.78 is 39.3. The van der Waals surface area contributed by atoms with Crippen LogP contribution in [-0.4, -0.2) is 40.6 Å². The average molecular weight is 431 g/mol. The van der Waals surface area contributed by atoms with Crippen LogP contribution in [0.15, 0.2) is 47.4 Å². The number of rotatable bonds is 8. The second-order valence-corrected chi connectivity index (χ2v) is 9.50. The van der Waals surface area contributed by atoms with Gasteiger partial charge in [-0.05, 0) is 62.1 Å². The van der Waals surface area contributed by atoms with Gasteiger partial charge in [-0.2, -0.15) is 0 Å². The molecule has 8 heteroatoms. The minimum Gasteiger partial charge on any atom is -0.493 e. The van der Waals surface area contributed by atoms with Gasteiger partial charge < -0.3 is 14.4 Å². The summed E-state index contributed by atoms with van der Waals surface area (Å²) in [6, 6.07) is 11.8. The van der Waals surface area contributed by atoms with Crippen molar-refractivity contribution in [1.82, 2.24) is 4.72 Å². The number of para-hydroxylation sites is 2. The Bertz CT molecular complexity index is 1050. The highest BCUT2D eigenvalue weighted by molar-refractivity contribution is 7.89. The van der Waals surface area contributed by atoms with Gasteiger partial charge in [0.1, 0.15) is 6.61 Å². The van der Waals surface area contributed by atoms with E-state index in [2.05, 4.69) is 4.72 Å². The third-order valence-corrected chi connectivity index (χ3v) is 6.95. The number of anilines is 1. The minimum absolute atomic E-state index is 0.144. The molecule has 4 rings (SSSR count). The third kappa shape index (κ3) is 4.29. The summed E-state index contributed by atoms with van der Waals surface area (Å²) in [5.41, 5.74) is 1.73. The summed E-state index contributed by atoms with van der Waals surface area (Å²) in [7, 11) is -2.15. The molecule has 1 N–H and O–H groups in total. The van der Waals surface area contributed by atoms with E-state index >= 15 is 0 Å². The molecule has 0 saturated heterocycles. The largest absolute Gasteiger partial charge is 0.493 e. The molecule has 1 saturated carbocycles. The van der Waals surface area contributed by atoms with Crippen LogP contribution in [0.5, 0.6) is 11.5 Å². The highest BCUT2D eigenvalue weighted by Gasteiger charge is 2.36. The molecule has 1 aliphatic heterocycles. The highest BCUT2D eigenvalue weighted by Crippen LogP contribution is 2.37. The van der Waals surface area contributed by atoms with E-state index in [4.69, 9.17) is 9.47 Å². The van der Waals surface area contributed by atoms with Gasteiger partial charge in [-0.3, -0.25) is 4.79 Å². The van der Waals surface area contributed by atoms with Crippen molar-refractivity contribution >= 4 is 21.6 Å². The molecule has 1 aliphatic carbocycles. The van der Waals surface area contributed by atoms with Crippen molar-refractivity contribution in [3.8, 4) is 11.5 Å². The van der Waals surface area contributed by atoms with Gasteiger partial charge in [0.2, 0.25) is 15.9 Å². The lowest BCUT2D eigenvalue weighted by Gasteiger charge is -2.18. The molecule has 2 aliphatic rings. The van der Waals surface area contributed by atoms with Gasteiger partial charge in [-0.15, -0.1) is 0 Å². The maximum Gasteiger partial charge on any atom is 0.240 e. The van der Waals surface area contributed by atoms with Gasteiger partial charge in [-0.25, -0.2) is 13.1 Å². The van der Waals surface area contributed by atoms with E-state index < -0.39 is 16.1 Å². The molecular weight excluding hydrogens is 404 g/mol. The van der Waals surface area contributed by atoms with Gasteiger partial charge in [-0.1, -0.05) is 12.1 Å². The van der Waals surface area contributed by atoms with Crippen molar-refractivity contribution in [3.05, 3.63) is 48.0 Å². The molecule has 7 nitrogen and oxygen atoms in total. The van der Waals surface area contributed by atoms with Crippen LogP contribution >= 0.6 is 0 Å². The van der Waals surface area contributed by atoms with E-state index in [1.165, 1.54) is 0 Å². The minimum atomic E-state index is -3.71. The zero-order valence-electron chi connectivity index (χ0n) is 17.1. The maximum absolute atomic E-state index is 12.8. The van der Waals surface area contributed by atoms with Gasteiger partial charge in [0.25, 0.3) is 0 Å². The number of sulfonamides is 1. The maximum atomic E-state index is 12.8. The number of nitrogens with one attached hydrogen (secondary N) is 1. The lowest BCUT2D eigenvalue weighted by atomic mass is 10.2. The Labute approximate surface area is 177 Å². The number of fused-ring (bicyclic) bond motifs is 1. The van der Waals surface area contributed by atoms with Crippen LogP contribution in [0.1, 0.15) is 25.3 Å². The van der Waals surface area contributed by atoms with Crippen LogP contribution in [0, 0.1) is 5.92 Å². The number of methoxy groups -OCH3 is 1. The summed E-state index contributed by atoms with van der Waals surface area (Å²) >= 11 is 0. The zero-order chi connectivity index (χ0) is 21.3. The van der Waals surface area contributed by atoms with Crippen molar-refractivity contribution in [2.45, 2.75) is 37.1 Å². The molecule has 0 spiro atoms. The smallest absolute Gasteiger partial charge is 0.240 e. The zero-order valence-corrected chi connectivity index (χ0v) is 17.9. The number of carbonyl (C=O) groups is 1. The molecule has 1 heterocycles. The number of carbonyl (C=O) groups excluding carboxylic acids is 1. The molecule has 0 bridgehead atoms. The summed E-state index contributed by atoms with van der Waals surface area (Å²) in [6.07, 6.45) is 2.58. The molecule has 2 aromatic rings. The van der Waals surface area contributed by atoms with Crippen LogP contribution in [-0.2, 0) is 21.2 Å². The number of amides is 1. The van der Waals surface area contributed by atoms with Gasteiger partial charge in [0.05, 0.1) is 18.0 Å². The van der Waals surface area contributed by atoms with Crippen molar-refractivity contribution in [1.29, 1.82) is 0 Å². The first kappa shape index (κ1) is 20.7. The Kier molecular flexibility index (Phi) is 5.71. The van der Waals surface area contributed by atoms with Crippen LogP contribution in [0.4, 0.5) is 5.69 Å². The van der Waals surface area contributed by atoms with Crippen LogP contribution in [0.25, 0.3) is 0 Å².